The summed E-state index contributed by atoms with van der Waals surface area (Å²) >= 11 is 0. The van der Waals surface area contributed by atoms with E-state index < -0.39 is 0 Å². The second kappa shape index (κ2) is 9.26. The highest BCUT2D eigenvalue weighted by atomic mass is 16.5. The molecule has 0 saturated carbocycles. The summed E-state index contributed by atoms with van der Waals surface area (Å²) in [5.74, 6) is 1.19. The van der Waals surface area contributed by atoms with Crippen LogP contribution in [0, 0.1) is 12.8 Å². The van der Waals surface area contributed by atoms with Gasteiger partial charge in [-0.25, -0.2) is 0 Å². The molecule has 1 atom stereocenters. The van der Waals surface area contributed by atoms with Crippen LogP contribution in [-0.4, -0.2) is 11.9 Å². The van der Waals surface area contributed by atoms with Crippen molar-refractivity contribution < 1.29 is 9.53 Å². The molecule has 0 heterocycles. The Hall–Kier alpha value is -2.29. The maximum absolute atomic E-state index is 12.6. The molecule has 0 fully saturated rings. The van der Waals surface area contributed by atoms with Crippen LogP contribution in [0.3, 0.4) is 0 Å². The molecule has 0 spiro atoms. The van der Waals surface area contributed by atoms with Crippen molar-refractivity contribution in [3.05, 3.63) is 65.2 Å². The molecule has 0 aromatic heterocycles. The molecule has 1 amide bonds. The van der Waals surface area contributed by atoms with Crippen LogP contribution in [0.25, 0.3) is 0 Å². The Labute approximate surface area is 151 Å². The topological polar surface area (TPSA) is 38.3 Å². The molecule has 0 bridgehead atoms. The summed E-state index contributed by atoms with van der Waals surface area (Å²) < 4.78 is 5.94. The number of benzene rings is 2. The van der Waals surface area contributed by atoms with E-state index in [1.165, 1.54) is 5.56 Å². The SMILES string of the molecule is Cc1ccccc1COc1ccccc1C(=O)N[C@@H](C)CCC(C)C. The van der Waals surface area contributed by atoms with Crippen LogP contribution < -0.4 is 10.1 Å². The smallest absolute Gasteiger partial charge is 0.255 e. The number of carbonyl (C=O) groups excluding carboxylic acids is 1. The number of hydrogen-bond acceptors (Lipinski definition) is 2. The van der Waals surface area contributed by atoms with Gasteiger partial charge >= 0.3 is 0 Å². The first-order valence-corrected chi connectivity index (χ1v) is 9.04. The second-order valence-corrected chi connectivity index (χ2v) is 7.06. The van der Waals surface area contributed by atoms with Gasteiger partial charge < -0.3 is 10.1 Å². The second-order valence-electron chi connectivity index (χ2n) is 7.06. The molecule has 0 aliphatic heterocycles. The summed E-state index contributed by atoms with van der Waals surface area (Å²) in [7, 11) is 0. The summed E-state index contributed by atoms with van der Waals surface area (Å²) in [6.45, 7) is 8.97. The van der Waals surface area contributed by atoms with Crippen molar-refractivity contribution in [2.45, 2.75) is 53.2 Å². The normalized spacial score (nSPS) is 12.0. The maximum atomic E-state index is 12.6. The van der Waals surface area contributed by atoms with Gasteiger partial charge in [-0.3, -0.25) is 4.79 Å². The average molecular weight is 339 g/mol. The fourth-order valence-electron chi connectivity index (χ4n) is 2.66. The number of aryl methyl sites for hydroxylation is 1. The zero-order valence-electron chi connectivity index (χ0n) is 15.7. The minimum absolute atomic E-state index is 0.0726. The number of carbonyl (C=O) groups is 1. The zero-order chi connectivity index (χ0) is 18.2. The Balaban J connectivity index is 2.02. The zero-order valence-corrected chi connectivity index (χ0v) is 15.7. The predicted molar refractivity (Wildman–Crippen MR) is 103 cm³/mol. The highest BCUT2D eigenvalue weighted by Crippen LogP contribution is 2.20. The third-order valence-electron chi connectivity index (χ3n) is 4.33. The van der Waals surface area contributed by atoms with E-state index in [0.717, 1.165) is 18.4 Å². The highest BCUT2D eigenvalue weighted by molar-refractivity contribution is 5.97. The summed E-state index contributed by atoms with van der Waals surface area (Å²) in [4.78, 5) is 12.6. The molecule has 2 aromatic rings. The first-order valence-electron chi connectivity index (χ1n) is 9.04. The third kappa shape index (κ3) is 5.93. The van der Waals surface area contributed by atoms with E-state index in [4.69, 9.17) is 4.74 Å². The van der Waals surface area contributed by atoms with E-state index in [2.05, 4.69) is 39.1 Å². The first-order chi connectivity index (χ1) is 12.0. The molecule has 0 saturated heterocycles. The Kier molecular flexibility index (Phi) is 7.05. The molecule has 25 heavy (non-hydrogen) atoms. The molecule has 3 heteroatoms. The highest BCUT2D eigenvalue weighted by Gasteiger charge is 2.15. The van der Waals surface area contributed by atoms with Crippen molar-refractivity contribution in [1.29, 1.82) is 0 Å². The van der Waals surface area contributed by atoms with E-state index in [9.17, 15) is 4.79 Å². The molecule has 134 valence electrons. The molecule has 3 nitrogen and oxygen atoms in total. The lowest BCUT2D eigenvalue weighted by molar-refractivity contribution is 0.0932. The van der Waals surface area contributed by atoms with Gasteiger partial charge in [0.1, 0.15) is 12.4 Å². The van der Waals surface area contributed by atoms with Gasteiger partial charge in [0.2, 0.25) is 0 Å². The van der Waals surface area contributed by atoms with Gasteiger partial charge in [-0.15, -0.1) is 0 Å². The molecule has 0 aliphatic rings. The number of rotatable bonds is 8. The molecular weight excluding hydrogens is 310 g/mol. The number of hydrogen-bond donors (Lipinski definition) is 1. The van der Waals surface area contributed by atoms with E-state index >= 15 is 0 Å². The number of ether oxygens (including phenoxy) is 1. The Morgan fingerprint density at radius 2 is 1.68 bits per heavy atom. The summed E-state index contributed by atoms with van der Waals surface area (Å²) in [5, 5.41) is 3.08. The van der Waals surface area contributed by atoms with Crippen LogP contribution in [0.15, 0.2) is 48.5 Å². The van der Waals surface area contributed by atoms with Crippen LogP contribution in [0.5, 0.6) is 5.75 Å². The van der Waals surface area contributed by atoms with Crippen molar-refractivity contribution in [2.75, 3.05) is 0 Å². The molecular formula is C22H29NO2. The fraction of sp³-hybridized carbons (Fsp3) is 0.409. The summed E-state index contributed by atoms with van der Waals surface area (Å²) in [5.41, 5.74) is 2.90. The van der Waals surface area contributed by atoms with Crippen molar-refractivity contribution in [3.8, 4) is 5.75 Å². The van der Waals surface area contributed by atoms with Crippen LogP contribution in [0.4, 0.5) is 0 Å². The maximum Gasteiger partial charge on any atom is 0.255 e. The van der Waals surface area contributed by atoms with Gasteiger partial charge in [0.05, 0.1) is 5.56 Å². The predicted octanol–water partition coefficient (Wildman–Crippen LogP) is 5.13. The molecule has 2 aromatic carbocycles. The molecule has 0 radical (unpaired) electrons. The van der Waals surface area contributed by atoms with E-state index in [1.54, 1.807) is 0 Å². The van der Waals surface area contributed by atoms with E-state index in [-0.39, 0.29) is 11.9 Å². The van der Waals surface area contributed by atoms with Crippen molar-refractivity contribution in [1.82, 2.24) is 5.32 Å². The quantitative estimate of drug-likeness (QED) is 0.724. The monoisotopic (exact) mass is 339 g/mol. The van der Waals surface area contributed by atoms with Gasteiger partial charge in [-0.1, -0.05) is 50.2 Å². The van der Waals surface area contributed by atoms with Crippen LogP contribution in [0.2, 0.25) is 0 Å². The van der Waals surface area contributed by atoms with E-state index in [0.29, 0.717) is 23.8 Å². The lowest BCUT2D eigenvalue weighted by Gasteiger charge is -2.17. The standard InChI is InChI=1S/C22H29NO2/c1-16(2)13-14-18(4)23-22(24)20-11-7-8-12-21(20)25-15-19-10-6-5-9-17(19)3/h5-12,16,18H,13-15H2,1-4H3,(H,23,24)/t18-/m0/s1. The van der Waals surface area contributed by atoms with Crippen molar-refractivity contribution >= 4 is 5.91 Å². The number of amides is 1. The lowest BCUT2D eigenvalue weighted by Crippen LogP contribution is -2.33. The fourth-order valence-corrected chi connectivity index (χ4v) is 2.66. The largest absolute Gasteiger partial charge is 0.488 e. The third-order valence-corrected chi connectivity index (χ3v) is 4.33. The van der Waals surface area contributed by atoms with Crippen molar-refractivity contribution in [2.24, 2.45) is 5.92 Å². The Morgan fingerprint density at radius 3 is 2.40 bits per heavy atom. The Morgan fingerprint density at radius 1 is 1.00 bits per heavy atom. The summed E-state index contributed by atoms with van der Waals surface area (Å²) in [6.07, 6.45) is 2.09. The molecule has 2 rings (SSSR count). The average Bonchev–Trinajstić information content (AvgIpc) is 2.59. The van der Waals surface area contributed by atoms with Crippen LogP contribution in [-0.2, 0) is 6.61 Å². The number of para-hydroxylation sites is 1. The number of nitrogens with one attached hydrogen (secondary N) is 1. The molecule has 1 N–H and O–H groups in total. The van der Waals surface area contributed by atoms with E-state index in [1.807, 2.05) is 42.5 Å². The minimum atomic E-state index is -0.0726. The molecule has 0 unspecified atom stereocenters. The Bertz CT molecular complexity index is 694. The summed E-state index contributed by atoms with van der Waals surface area (Å²) in [6, 6.07) is 15.7. The lowest BCUT2D eigenvalue weighted by atomic mass is 10.0. The van der Waals surface area contributed by atoms with Gasteiger partial charge in [0.25, 0.3) is 5.91 Å². The minimum Gasteiger partial charge on any atom is -0.488 e. The van der Waals surface area contributed by atoms with Gasteiger partial charge in [0.15, 0.2) is 0 Å². The van der Waals surface area contributed by atoms with Gasteiger partial charge in [-0.05, 0) is 55.9 Å². The first kappa shape index (κ1) is 19.0. The van der Waals surface area contributed by atoms with Crippen LogP contribution in [0.1, 0.15) is 55.1 Å². The van der Waals surface area contributed by atoms with Gasteiger partial charge in [-0.2, -0.15) is 0 Å². The molecule has 0 aliphatic carbocycles. The van der Waals surface area contributed by atoms with Crippen molar-refractivity contribution in [3.63, 3.8) is 0 Å². The van der Waals surface area contributed by atoms with Crippen LogP contribution >= 0.6 is 0 Å². The van der Waals surface area contributed by atoms with Gasteiger partial charge in [0, 0.05) is 6.04 Å².